The second-order valence-corrected chi connectivity index (χ2v) is 5.05. The molecule has 112 valence electrons. The third kappa shape index (κ3) is 5.33. The SMILES string of the molecule is CCCCC(NCC(=O)N(CC)CC)c1ccccc1. The number of likely N-dealkylation sites (N-methyl/N-ethyl adjacent to an activating group) is 1. The number of unbranched alkanes of at least 4 members (excludes halogenated alkanes) is 1. The number of benzene rings is 1. The number of hydrogen-bond acceptors (Lipinski definition) is 2. The molecule has 0 saturated heterocycles. The minimum absolute atomic E-state index is 0.187. The molecule has 0 spiro atoms. The van der Waals surface area contributed by atoms with Gasteiger partial charge in [-0.25, -0.2) is 0 Å². The molecule has 0 bridgehead atoms. The van der Waals surface area contributed by atoms with Gasteiger partial charge >= 0.3 is 0 Å². The van der Waals surface area contributed by atoms with Gasteiger partial charge in [0.25, 0.3) is 0 Å². The maximum atomic E-state index is 12.1. The summed E-state index contributed by atoms with van der Waals surface area (Å²) in [5.41, 5.74) is 1.27. The van der Waals surface area contributed by atoms with E-state index in [4.69, 9.17) is 0 Å². The van der Waals surface area contributed by atoms with E-state index in [9.17, 15) is 4.79 Å². The third-order valence-corrected chi connectivity index (χ3v) is 3.66. The second-order valence-electron chi connectivity index (χ2n) is 5.05. The lowest BCUT2D eigenvalue weighted by atomic mass is 10.0. The van der Waals surface area contributed by atoms with Crippen LogP contribution in [0.25, 0.3) is 0 Å². The number of rotatable bonds is 9. The largest absolute Gasteiger partial charge is 0.342 e. The zero-order valence-corrected chi connectivity index (χ0v) is 13.1. The highest BCUT2D eigenvalue weighted by molar-refractivity contribution is 5.78. The smallest absolute Gasteiger partial charge is 0.236 e. The Kier molecular flexibility index (Phi) is 7.97. The fourth-order valence-corrected chi connectivity index (χ4v) is 2.38. The van der Waals surface area contributed by atoms with E-state index in [-0.39, 0.29) is 11.9 Å². The normalized spacial score (nSPS) is 12.2. The van der Waals surface area contributed by atoms with Crippen molar-refractivity contribution in [3.8, 4) is 0 Å². The number of amides is 1. The Labute approximate surface area is 123 Å². The van der Waals surface area contributed by atoms with Crippen LogP contribution in [0.4, 0.5) is 0 Å². The quantitative estimate of drug-likeness (QED) is 0.750. The van der Waals surface area contributed by atoms with Gasteiger partial charge in [-0.1, -0.05) is 50.1 Å². The maximum Gasteiger partial charge on any atom is 0.236 e. The van der Waals surface area contributed by atoms with Crippen LogP contribution in [0.2, 0.25) is 0 Å². The van der Waals surface area contributed by atoms with Gasteiger partial charge in [-0.15, -0.1) is 0 Å². The molecule has 0 aromatic heterocycles. The molecule has 0 fully saturated rings. The van der Waals surface area contributed by atoms with E-state index in [0.29, 0.717) is 6.54 Å². The van der Waals surface area contributed by atoms with Crippen LogP contribution in [-0.4, -0.2) is 30.4 Å². The molecule has 0 radical (unpaired) electrons. The molecule has 20 heavy (non-hydrogen) atoms. The molecule has 1 rings (SSSR count). The molecular formula is C17H28N2O. The summed E-state index contributed by atoms with van der Waals surface area (Å²) in [5, 5.41) is 3.43. The molecule has 1 amide bonds. The predicted octanol–water partition coefficient (Wildman–Crippen LogP) is 3.38. The molecule has 0 aliphatic heterocycles. The Morgan fingerprint density at radius 2 is 1.80 bits per heavy atom. The van der Waals surface area contributed by atoms with Crippen molar-refractivity contribution in [3.63, 3.8) is 0 Å². The molecule has 3 nitrogen and oxygen atoms in total. The highest BCUT2D eigenvalue weighted by atomic mass is 16.2. The summed E-state index contributed by atoms with van der Waals surface area (Å²) < 4.78 is 0. The Balaban J connectivity index is 2.59. The predicted molar refractivity (Wildman–Crippen MR) is 84.6 cm³/mol. The van der Waals surface area contributed by atoms with Crippen LogP contribution < -0.4 is 5.32 Å². The van der Waals surface area contributed by atoms with E-state index in [0.717, 1.165) is 19.5 Å². The number of carbonyl (C=O) groups excluding carboxylic acids is 1. The van der Waals surface area contributed by atoms with Crippen LogP contribution in [0, 0.1) is 0 Å². The van der Waals surface area contributed by atoms with E-state index < -0.39 is 0 Å². The maximum absolute atomic E-state index is 12.1. The Hall–Kier alpha value is -1.35. The van der Waals surface area contributed by atoms with Gasteiger partial charge in [0.15, 0.2) is 0 Å². The van der Waals surface area contributed by atoms with Crippen molar-refractivity contribution in [2.45, 2.75) is 46.1 Å². The zero-order valence-electron chi connectivity index (χ0n) is 13.1. The monoisotopic (exact) mass is 276 g/mol. The van der Waals surface area contributed by atoms with Gasteiger partial charge in [-0.05, 0) is 25.8 Å². The highest BCUT2D eigenvalue weighted by Crippen LogP contribution is 2.18. The first-order chi connectivity index (χ1) is 9.72. The van der Waals surface area contributed by atoms with Crippen molar-refractivity contribution in [1.82, 2.24) is 10.2 Å². The van der Waals surface area contributed by atoms with Crippen molar-refractivity contribution < 1.29 is 4.79 Å². The van der Waals surface area contributed by atoms with Gasteiger partial charge in [0.05, 0.1) is 6.54 Å². The lowest BCUT2D eigenvalue weighted by Crippen LogP contribution is -2.39. The first-order valence-corrected chi connectivity index (χ1v) is 7.78. The molecule has 0 aliphatic carbocycles. The molecule has 1 aromatic carbocycles. The number of nitrogens with zero attached hydrogens (tertiary/aromatic N) is 1. The molecule has 1 unspecified atom stereocenters. The first-order valence-electron chi connectivity index (χ1n) is 7.78. The summed E-state index contributed by atoms with van der Waals surface area (Å²) in [6.07, 6.45) is 3.42. The minimum atomic E-state index is 0.187. The van der Waals surface area contributed by atoms with Gasteiger partial charge < -0.3 is 10.2 Å². The van der Waals surface area contributed by atoms with E-state index in [1.165, 1.54) is 18.4 Å². The van der Waals surface area contributed by atoms with Crippen molar-refractivity contribution in [2.75, 3.05) is 19.6 Å². The number of nitrogens with one attached hydrogen (secondary N) is 1. The van der Waals surface area contributed by atoms with Crippen molar-refractivity contribution in [3.05, 3.63) is 35.9 Å². The summed E-state index contributed by atoms with van der Waals surface area (Å²) >= 11 is 0. The second kappa shape index (κ2) is 9.54. The van der Waals surface area contributed by atoms with Gasteiger partial charge in [-0.2, -0.15) is 0 Å². The van der Waals surface area contributed by atoms with Crippen LogP contribution in [0.3, 0.4) is 0 Å². The van der Waals surface area contributed by atoms with E-state index >= 15 is 0 Å². The first kappa shape index (κ1) is 16.7. The molecule has 0 saturated carbocycles. The summed E-state index contributed by atoms with van der Waals surface area (Å²) in [6, 6.07) is 10.7. The zero-order chi connectivity index (χ0) is 14.8. The lowest BCUT2D eigenvalue weighted by Gasteiger charge is -2.23. The number of hydrogen-bond donors (Lipinski definition) is 1. The van der Waals surface area contributed by atoms with E-state index in [1.54, 1.807) is 0 Å². The fraction of sp³-hybridized carbons (Fsp3) is 0.588. The van der Waals surface area contributed by atoms with Crippen LogP contribution in [0.1, 0.15) is 51.6 Å². The van der Waals surface area contributed by atoms with Crippen LogP contribution in [-0.2, 0) is 4.79 Å². The molecule has 1 atom stereocenters. The highest BCUT2D eigenvalue weighted by Gasteiger charge is 2.14. The summed E-state index contributed by atoms with van der Waals surface area (Å²) in [7, 11) is 0. The van der Waals surface area contributed by atoms with Crippen molar-refractivity contribution >= 4 is 5.91 Å². The number of carbonyl (C=O) groups is 1. The molecule has 1 N–H and O–H groups in total. The molecular weight excluding hydrogens is 248 g/mol. The van der Waals surface area contributed by atoms with Gasteiger partial charge in [0.2, 0.25) is 5.91 Å². The van der Waals surface area contributed by atoms with Gasteiger partial charge in [0, 0.05) is 19.1 Å². The summed E-state index contributed by atoms with van der Waals surface area (Å²) in [4.78, 5) is 13.9. The van der Waals surface area contributed by atoms with Crippen LogP contribution in [0.15, 0.2) is 30.3 Å². The fourth-order valence-electron chi connectivity index (χ4n) is 2.38. The Morgan fingerprint density at radius 3 is 2.35 bits per heavy atom. The Morgan fingerprint density at radius 1 is 1.15 bits per heavy atom. The van der Waals surface area contributed by atoms with E-state index in [1.807, 2.05) is 24.8 Å². The van der Waals surface area contributed by atoms with Crippen molar-refractivity contribution in [1.29, 1.82) is 0 Å². The average molecular weight is 276 g/mol. The molecule has 1 aromatic rings. The van der Waals surface area contributed by atoms with Gasteiger partial charge in [0.1, 0.15) is 0 Å². The Bertz CT molecular complexity index is 374. The van der Waals surface area contributed by atoms with Gasteiger partial charge in [-0.3, -0.25) is 4.79 Å². The summed E-state index contributed by atoms with van der Waals surface area (Å²) in [6.45, 7) is 8.22. The minimum Gasteiger partial charge on any atom is -0.342 e. The van der Waals surface area contributed by atoms with Crippen molar-refractivity contribution in [2.24, 2.45) is 0 Å². The lowest BCUT2D eigenvalue weighted by molar-refractivity contribution is -0.130. The summed E-state index contributed by atoms with van der Waals surface area (Å²) in [5.74, 6) is 0.187. The molecule has 0 heterocycles. The standard InChI is InChI=1S/C17H28N2O/c1-4-7-13-16(15-11-9-8-10-12-15)18-14-17(20)19(5-2)6-3/h8-12,16,18H,4-7,13-14H2,1-3H3. The molecule has 0 aliphatic rings. The van der Waals surface area contributed by atoms with E-state index in [2.05, 4.69) is 36.5 Å². The van der Waals surface area contributed by atoms with Crippen LogP contribution in [0.5, 0.6) is 0 Å². The topological polar surface area (TPSA) is 32.3 Å². The molecule has 3 heteroatoms. The average Bonchev–Trinajstić information content (AvgIpc) is 2.49. The van der Waals surface area contributed by atoms with Crippen LogP contribution >= 0.6 is 0 Å². The third-order valence-electron chi connectivity index (χ3n) is 3.66.